The van der Waals surface area contributed by atoms with Crippen LogP contribution in [-0.4, -0.2) is 68.9 Å². The molecular weight excluding hydrogens is 558 g/mol. The highest BCUT2D eigenvalue weighted by molar-refractivity contribution is 6.07. The first-order chi connectivity index (χ1) is 22.0. The molecule has 1 aromatic heterocycles. The minimum Gasteiger partial charge on any atom is -0.349 e. The summed E-state index contributed by atoms with van der Waals surface area (Å²) < 4.78 is 2.52. The van der Waals surface area contributed by atoms with E-state index in [1.54, 1.807) is 6.07 Å². The summed E-state index contributed by atoms with van der Waals surface area (Å²) in [5, 5.41) is 3.06. The predicted octanol–water partition coefficient (Wildman–Crippen LogP) is 6.28. The summed E-state index contributed by atoms with van der Waals surface area (Å²) in [4.78, 5) is 36.5. The maximum absolute atomic E-state index is 13.8. The quantitative estimate of drug-likeness (QED) is 0.258. The van der Waals surface area contributed by atoms with Crippen LogP contribution < -0.4 is 5.32 Å². The van der Waals surface area contributed by atoms with Crippen molar-refractivity contribution in [1.82, 2.24) is 24.7 Å². The molecule has 7 heteroatoms. The Balaban J connectivity index is 0.995. The van der Waals surface area contributed by atoms with Gasteiger partial charge in [0.2, 0.25) is 0 Å². The summed E-state index contributed by atoms with van der Waals surface area (Å²) in [6.07, 6.45) is 8.71. The number of nitrogens with zero attached hydrogens (tertiary/aromatic N) is 4. The van der Waals surface area contributed by atoms with Gasteiger partial charge in [-0.3, -0.25) is 14.5 Å². The number of para-hydroxylation sites is 2. The average molecular weight is 602 g/mol. The highest BCUT2D eigenvalue weighted by atomic mass is 16.2. The van der Waals surface area contributed by atoms with Crippen LogP contribution in [0.2, 0.25) is 0 Å². The van der Waals surface area contributed by atoms with Gasteiger partial charge in [0, 0.05) is 31.2 Å². The molecule has 3 aliphatic heterocycles. The Bertz CT molecular complexity index is 1720. The molecule has 1 aliphatic carbocycles. The largest absolute Gasteiger partial charge is 0.349 e. The van der Waals surface area contributed by atoms with Gasteiger partial charge >= 0.3 is 0 Å². The first-order valence-electron chi connectivity index (χ1n) is 16.9. The molecule has 4 aliphatic rings. The third-order valence-electron chi connectivity index (χ3n) is 11.3. The second kappa shape index (κ2) is 11.4. The minimum absolute atomic E-state index is 0.0239. The van der Waals surface area contributed by atoms with Gasteiger partial charge in [0.1, 0.15) is 5.82 Å². The van der Waals surface area contributed by atoms with E-state index >= 15 is 0 Å². The summed E-state index contributed by atoms with van der Waals surface area (Å²) in [5.74, 6) is 0.967. The Morgan fingerprint density at radius 1 is 0.844 bits per heavy atom. The molecule has 3 aromatic carbocycles. The van der Waals surface area contributed by atoms with Gasteiger partial charge in [-0.2, -0.15) is 0 Å². The summed E-state index contributed by atoms with van der Waals surface area (Å²) in [6, 6.07) is 28.8. The van der Waals surface area contributed by atoms with Crippen LogP contribution in [0.3, 0.4) is 0 Å². The van der Waals surface area contributed by atoms with E-state index < -0.39 is 0 Å². The van der Waals surface area contributed by atoms with E-state index in [0.29, 0.717) is 42.3 Å². The first-order valence-corrected chi connectivity index (χ1v) is 16.9. The number of amides is 2. The van der Waals surface area contributed by atoms with Crippen LogP contribution in [0.15, 0.2) is 78.9 Å². The summed E-state index contributed by atoms with van der Waals surface area (Å²) >= 11 is 0. The zero-order chi connectivity index (χ0) is 30.5. The standard InChI is InChI=1S/C38H43N5O2/c1-26-39-32-13-7-8-14-33(32)43(26)35-25-29-17-18-34(35)42(29)24-21-38(27-9-3-2-4-10-27)19-22-41(23-20-38)37(45)31-12-6-5-11-30(31)36(44)40-28-15-16-28/h2-14,28-29,34-35H,15-25H2,1H3,(H,40,44). The Labute approximate surface area is 265 Å². The second-order valence-corrected chi connectivity index (χ2v) is 13.8. The van der Waals surface area contributed by atoms with Crippen molar-refractivity contribution in [2.45, 2.75) is 87.9 Å². The number of fused-ring (bicyclic) bond motifs is 3. The second-order valence-electron chi connectivity index (χ2n) is 13.8. The number of carbonyl (C=O) groups is 2. The van der Waals surface area contributed by atoms with Gasteiger partial charge in [0.15, 0.2) is 0 Å². The number of hydrogen-bond donors (Lipinski definition) is 1. The SMILES string of the molecule is Cc1nc2ccccc2n1C1CC2CCC1N2CCC1(c2ccccc2)CCN(C(=O)c2ccccc2C(=O)NC2CC2)CC1. The third-order valence-corrected chi connectivity index (χ3v) is 11.3. The van der Waals surface area contributed by atoms with E-state index in [2.05, 4.69) is 76.3 Å². The lowest BCUT2D eigenvalue weighted by molar-refractivity contribution is 0.0641. The number of imidazole rings is 1. The normalized spacial score (nSPS) is 24.3. The zero-order valence-electron chi connectivity index (χ0n) is 26.2. The molecule has 3 unspecified atom stereocenters. The van der Waals surface area contributed by atoms with Crippen molar-refractivity contribution in [3.8, 4) is 0 Å². The zero-order valence-corrected chi connectivity index (χ0v) is 26.2. The Hall–Kier alpha value is -3.97. The molecule has 4 aromatic rings. The smallest absolute Gasteiger partial charge is 0.254 e. The van der Waals surface area contributed by atoms with Gasteiger partial charge in [-0.1, -0.05) is 54.6 Å². The van der Waals surface area contributed by atoms with Crippen molar-refractivity contribution in [3.63, 3.8) is 0 Å². The van der Waals surface area contributed by atoms with E-state index in [9.17, 15) is 9.59 Å². The summed E-state index contributed by atoms with van der Waals surface area (Å²) in [7, 11) is 0. The molecule has 7 nitrogen and oxygen atoms in total. The molecular formula is C38H43N5O2. The number of piperidine rings is 1. The van der Waals surface area contributed by atoms with Gasteiger partial charge in [0.25, 0.3) is 11.8 Å². The van der Waals surface area contributed by atoms with Crippen molar-refractivity contribution < 1.29 is 9.59 Å². The molecule has 4 heterocycles. The maximum atomic E-state index is 13.8. The molecule has 1 saturated carbocycles. The fourth-order valence-corrected chi connectivity index (χ4v) is 8.76. The van der Waals surface area contributed by atoms with E-state index in [4.69, 9.17) is 4.98 Å². The molecule has 2 bridgehead atoms. The monoisotopic (exact) mass is 601 g/mol. The van der Waals surface area contributed by atoms with Crippen LogP contribution in [-0.2, 0) is 5.41 Å². The van der Waals surface area contributed by atoms with Crippen LogP contribution in [0, 0.1) is 6.92 Å². The molecule has 3 saturated heterocycles. The lowest BCUT2D eigenvalue weighted by Crippen LogP contribution is -2.47. The molecule has 4 fully saturated rings. The van der Waals surface area contributed by atoms with Crippen molar-refractivity contribution in [2.75, 3.05) is 19.6 Å². The molecule has 0 radical (unpaired) electrons. The Morgan fingerprint density at radius 3 is 2.33 bits per heavy atom. The minimum atomic E-state index is -0.130. The number of aromatic nitrogens is 2. The fourth-order valence-electron chi connectivity index (χ4n) is 8.76. The number of hydrogen-bond acceptors (Lipinski definition) is 4. The van der Waals surface area contributed by atoms with Gasteiger partial charge in [-0.15, -0.1) is 0 Å². The average Bonchev–Trinajstić information content (AvgIpc) is 3.59. The van der Waals surface area contributed by atoms with Crippen LogP contribution in [0.4, 0.5) is 0 Å². The van der Waals surface area contributed by atoms with Crippen LogP contribution in [0.25, 0.3) is 11.0 Å². The number of benzene rings is 3. The molecule has 0 spiro atoms. The summed E-state index contributed by atoms with van der Waals surface area (Å²) in [5.41, 5.74) is 4.78. The molecule has 8 rings (SSSR count). The van der Waals surface area contributed by atoms with E-state index in [1.165, 1.54) is 30.3 Å². The molecule has 232 valence electrons. The molecule has 1 N–H and O–H groups in total. The van der Waals surface area contributed by atoms with E-state index in [1.807, 2.05) is 23.1 Å². The van der Waals surface area contributed by atoms with Crippen molar-refractivity contribution in [2.24, 2.45) is 0 Å². The van der Waals surface area contributed by atoms with Crippen molar-refractivity contribution >= 4 is 22.8 Å². The van der Waals surface area contributed by atoms with E-state index in [0.717, 1.165) is 50.0 Å². The summed E-state index contributed by atoms with van der Waals surface area (Å²) in [6.45, 7) is 4.63. The van der Waals surface area contributed by atoms with Gasteiger partial charge < -0.3 is 14.8 Å². The fraction of sp³-hybridized carbons (Fsp3) is 0.447. The van der Waals surface area contributed by atoms with Crippen molar-refractivity contribution in [1.29, 1.82) is 0 Å². The van der Waals surface area contributed by atoms with Crippen LogP contribution >= 0.6 is 0 Å². The third kappa shape index (κ3) is 5.15. The van der Waals surface area contributed by atoms with Crippen LogP contribution in [0.1, 0.15) is 89.5 Å². The predicted molar refractivity (Wildman–Crippen MR) is 176 cm³/mol. The topological polar surface area (TPSA) is 70.5 Å². The molecule has 2 amide bonds. The van der Waals surface area contributed by atoms with Gasteiger partial charge in [-0.25, -0.2) is 4.98 Å². The van der Waals surface area contributed by atoms with E-state index in [-0.39, 0.29) is 23.3 Å². The molecule has 3 atom stereocenters. The highest BCUT2D eigenvalue weighted by Crippen LogP contribution is 2.47. The molecule has 45 heavy (non-hydrogen) atoms. The van der Waals surface area contributed by atoms with Gasteiger partial charge in [0.05, 0.1) is 28.2 Å². The lowest BCUT2D eigenvalue weighted by Gasteiger charge is -2.43. The Morgan fingerprint density at radius 2 is 1.56 bits per heavy atom. The number of aryl methyl sites for hydroxylation is 1. The number of likely N-dealkylation sites (tertiary alicyclic amines) is 1. The van der Waals surface area contributed by atoms with Crippen molar-refractivity contribution in [3.05, 3.63) is 101 Å². The first kappa shape index (κ1) is 28.5. The maximum Gasteiger partial charge on any atom is 0.254 e. The van der Waals surface area contributed by atoms with Gasteiger partial charge in [-0.05, 0) is 100 Å². The Kier molecular flexibility index (Phi) is 7.24. The number of nitrogens with one attached hydrogen (secondary N) is 1. The number of rotatable bonds is 8. The number of carbonyl (C=O) groups excluding carboxylic acids is 2. The lowest BCUT2D eigenvalue weighted by atomic mass is 9.70. The van der Waals surface area contributed by atoms with Crippen LogP contribution in [0.5, 0.6) is 0 Å². The highest BCUT2D eigenvalue weighted by Gasteiger charge is 2.48.